The lowest BCUT2D eigenvalue weighted by atomic mass is 10.1. The largest absolute Gasteiger partial charge is 0.389 e. The zero-order chi connectivity index (χ0) is 12.2. The minimum Gasteiger partial charge on any atom is -0.292 e. The zero-order valence-electron chi connectivity index (χ0n) is 8.84. The molecule has 0 N–H and O–H groups in total. The van der Waals surface area contributed by atoms with Gasteiger partial charge in [0, 0.05) is 19.0 Å². The predicted octanol–water partition coefficient (Wildman–Crippen LogP) is 3.31. The van der Waals surface area contributed by atoms with Gasteiger partial charge in [-0.25, -0.2) is 0 Å². The summed E-state index contributed by atoms with van der Waals surface area (Å²) in [6, 6.07) is 3.31. The summed E-state index contributed by atoms with van der Waals surface area (Å²) in [5.74, 6) is -0.340. The first-order chi connectivity index (χ1) is 7.38. The van der Waals surface area contributed by atoms with Gasteiger partial charge in [0.25, 0.3) is 0 Å². The van der Waals surface area contributed by atoms with Crippen LogP contribution in [0.5, 0.6) is 0 Å². The monoisotopic (exact) mass is 231 g/mol. The van der Waals surface area contributed by atoms with Crippen molar-refractivity contribution in [1.29, 1.82) is 0 Å². The van der Waals surface area contributed by atoms with Gasteiger partial charge in [-0.2, -0.15) is 13.2 Å². The Balaban J connectivity index is 2.47. The van der Waals surface area contributed by atoms with Crippen LogP contribution < -0.4 is 0 Å². The summed E-state index contributed by atoms with van der Waals surface area (Å²) >= 11 is 0. The molecule has 0 saturated heterocycles. The van der Waals surface area contributed by atoms with Crippen LogP contribution in [-0.4, -0.2) is 16.9 Å². The van der Waals surface area contributed by atoms with Gasteiger partial charge in [0.15, 0.2) is 5.78 Å². The number of carbonyl (C=O) groups excluding carboxylic acids is 1. The molecule has 0 aromatic carbocycles. The van der Waals surface area contributed by atoms with Gasteiger partial charge in [-0.1, -0.05) is 0 Å². The van der Waals surface area contributed by atoms with Gasteiger partial charge < -0.3 is 0 Å². The first-order valence-corrected chi connectivity index (χ1v) is 4.91. The topological polar surface area (TPSA) is 30.0 Å². The van der Waals surface area contributed by atoms with Crippen LogP contribution >= 0.6 is 0 Å². The molecule has 1 aromatic rings. The zero-order valence-corrected chi connectivity index (χ0v) is 8.84. The minimum atomic E-state index is -4.19. The number of hydrogen-bond acceptors (Lipinski definition) is 2. The van der Waals surface area contributed by atoms with Crippen molar-refractivity contribution in [3.63, 3.8) is 0 Å². The number of Topliss-reactive ketones (excluding diaryl/α,β-unsaturated/α-hetero) is 1. The molecular weight excluding hydrogens is 219 g/mol. The highest BCUT2D eigenvalue weighted by molar-refractivity contribution is 5.94. The normalized spacial score (nSPS) is 11.5. The second-order valence-corrected chi connectivity index (χ2v) is 3.61. The number of pyridine rings is 1. The molecule has 0 radical (unpaired) electrons. The van der Waals surface area contributed by atoms with E-state index >= 15 is 0 Å². The van der Waals surface area contributed by atoms with Crippen LogP contribution in [0.4, 0.5) is 13.2 Å². The Labute approximate surface area is 91.5 Å². The van der Waals surface area contributed by atoms with Gasteiger partial charge in [-0.15, -0.1) is 0 Å². The van der Waals surface area contributed by atoms with Crippen molar-refractivity contribution >= 4 is 5.78 Å². The van der Waals surface area contributed by atoms with Crippen LogP contribution in [-0.2, 0) is 0 Å². The highest BCUT2D eigenvalue weighted by Gasteiger charge is 2.26. The van der Waals surface area contributed by atoms with Crippen LogP contribution in [0.3, 0.4) is 0 Å². The van der Waals surface area contributed by atoms with Gasteiger partial charge in [0.05, 0.1) is 0 Å². The number of aromatic nitrogens is 1. The minimum absolute atomic E-state index is 0.115. The second kappa shape index (κ2) is 5.09. The van der Waals surface area contributed by atoms with Crippen molar-refractivity contribution in [1.82, 2.24) is 4.98 Å². The number of nitrogens with zero attached hydrogens (tertiary/aromatic N) is 1. The van der Waals surface area contributed by atoms with Gasteiger partial charge in [0.1, 0.15) is 5.69 Å². The summed E-state index contributed by atoms with van der Waals surface area (Å²) in [5.41, 5.74) is 1.11. The molecule has 0 amide bonds. The number of hydrogen-bond donors (Lipinski definition) is 0. The summed E-state index contributed by atoms with van der Waals surface area (Å²) in [6.45, 7) is 1.80. The smallest absolute Gasteiger partial charge is 0.292 e. The standard InChI is InChI=1S/C11H12F3NO/c1-8-4-6-15-9(7-8)10(16)3-2-5-11(12,13)14/h4,6-7H,2-3,5H2,1H3. The van der Waals surface area contributed by atoms with Crippen molar-refractivity contribution < 1.29 is 18.0 Å². The Morgan fingerprint density at radius 3 is 2.69 bits per heavy atom. The van der Waals surface area contributed by atoms with E-state index in [4.69, 9.17) is 0 Å². The first-order valence-electron chi connectivity index (χ1n) is 4.91. The maximum absolute atomic E-state index is 11.8. The van der Waals surface area contributed by atoms with Crippen molar-refractivity contribution in [2.45, 2.75) is 32.4 Å². The van der Waals surface area contributed by atoms with E-state index in [0.29, 0.717) is 0 Å². The van der Waals surface area contributed by atoms with Crippen LogP contribution in [0.1, 0.15) is 35.3 Å². The Morgan fingerprint density at radius 1 is 1.44 bits per heavy atom. The van der Waals surface area contributed by atoms with Gasteiger partial charge in [0.2, 0.25) is 0 Å². The molecule has 5 heteroatoms. The first kappa shape index (κ1) is 12.7. The van der Waals surface area contributed by atoms with Crippen molar-refractivity contribution in [2.24, 2.45) is 0 Å². The van der Waals surface area contributed by atoms with Crippen molar-refractivity contribution in [2.75, 3.05) is 0 Å². The van der Waals surface area contributed by atoms with Crippen molar-refractivity contribution in [3.8, 4) is 0 Å². The molecule has 0 atom stereocenters. The molecule has 0 fully saturated rings. The molecular formula is C11H12F3NO. The average Bonchev–Trinajstić information content (AvgIpc) is 2.15. The number of rotatable bonds is 4. The van der Waals surface area contributed by atoms with Crippen LogP contribution in [0, 0.1) is 6.92 Å². The van der Waals surface area contributed by atoms with E-state index in [-0.39, 0.29) is 24.3 Å². The lowest BCUT2D eigenvalue weighted by Gasteiger charge is -2.05. The van der Waals surface area contributed by atoms with Gasteiger partial charge in [-0.05, 0) is 31.0 Å². The van der Waals surface area contributed by atoms with E-state index in [2.05, 4.69) is 4.98 Å². The Kier molecular flexibility index (Phi) is 4.04. The highest BCUT2D eigenvalue weighted by atomic mass is 19.4. The van der Waals surface area contributed by atoms with E-state index in [1.807, 2.05) is 0 Å². The van der Waals surface area contributed by atoms with E-state index in [1.54, 1.807) is 19.1 Å². The van der Waals surface area contributed by atoms with E-state index < -0.39 is 12.6 Å². The quantitative estimate of drug-likeness (QED) is 0.744. The van der Waals surface area contributed by atoms with Crippen molar-refractivity contribution in [3.05, 3.63) is 29.6 Å². The molecule has 2 nitrogen and oxygen atoms in total. The third kappa shape index (κ3) is 4.42. The molecule has 1 aromatic heterocycles. The molecule has 0 saturated carbocycles. The van der Waals surface area contributed by atoms with Crippen LogP contribution in [0.15, 0.2) is 18.3 Å². The molecule has 16 heavy (non-hydrogen) atoms. The van der Waals surface area contributed by atoms with E-state index in [1.165, 1.54) is 6.20 Å². The van der Waals surface area contributed by atoms with E-state index in [9.17, 15) is 18.0 Å². The SMILES string of the molecule is Cc1ccnc(C(=O)CCCC(F)(F)F)c1. The summed E-state index contributed by atoms with van der Waals surface area (Å²) in [6.07, 6.45) is -3.94. The third-order valence-electron chi connectivity index (χ3n) is 2.07. The van der Waals surface area contributed by atoms with Gasteiger partial charge >= 0.3 is 6.18 Å². The number of alkyl halides is 3. The lowest BCUT2D eigenvalue weighted by molar-refractivity contribution is -0.135. The summed E-state index contributed by atoms with van der Waals surface area (Å²) in [7, 11) is 0. The highest BCUT2D eigenvalue weighted by Crippen LogP contribution is 2.22. The molecule has 0 aliphatic heterocycles. The molecule has 0 unspecified atom stereocenters. The Morgan fingerprint density at radius 2 is 2.12 bits per heavy atom. The number of halogens is 3. The lowest BCUT2D eigenvalue weighted by Crippen LogP contribution is -2.09. The molecule has 1 heterocycles. The molecule has 0 aliphatic rings. The Hall–Kier alpha value is -1.39. The summed E-state index contributed by atoms with van der Waals surface area (Å²) in [5, 5.41) is 0. The van der Waals surface area contributed by atoms with Crippen LogP contribution in [0.2, 0.25) is 0 Å². The Bertz CT molecular complexity index is 374. The summed E-state index contributed by atoms with van der Waals surface area (Å²) in [4.78, 5) is 15.3. The fraction of sp³-hybridized carbons (Fsp3) is 0.455. The molecule has 1 rings (SSSR count). The predicted molar refractivity (Wildman–Crippen MR) is 53.2 cm³/mol. The maximum atomic E-state index is 11.8. The maximum Gasteiger partial charge on any atom is 0.389 e. The molecule has 88 valence electrons. The van der Waals surface area contributed by atoms with Crippen LogP contribution in [0.25, 0.3) is 0 Å². The molecule has 0 bridgehead atoms. The van der Waals surface area contributed by atoms with Gasteiger partial charge in [-0.3, -0.25) is 9.78 Å². The third-order valence-corrected chi connectivity index (χ3v) is 2.07. The number of ketones is 1. The average molecular weight is 231 g/mol. The molecule has 0 aliphatic carbocycles. The fourth-order valence-corrected chi connectivity index (χ4v) is 1.27. The second-order valence-electron chi connectivity index (χ2n) is 3.61. The molecule has 0 spiro atoms. The summed E-state index contributed by atoms with van der Waals surface area (Å²) < 4.78 is 35.5. The fourth-order valence-electron chi connectivity index (χ4n) is 1.27. The number of carbonyl (C=O) groups is 1. The number of aryl methyl sites for hydroxylation is 1. The van der Waals surface area contributed by atoms with E-state index in [0.717, 1.165) is 5.56 Å².